The van der Waals surface area contributed by atoms with Gasteiger partial charge in [0.05, 0.1) is 18.3 Å². The van der Waals surface area contributed by atoms with Crippen molar-refractivity contribution in [1.82, 2.24) is 4.98 Å². The molecule has 0 aliphatic heterocycles. The average molecular weight is 346 g/mol. The van der Waals surface area contributed by atoms with E-state index in [4.69, 9.17) is 11.6 Å². The smallest absolute Gasteiger partial charge is 0.229 e. The van der Waals surface area contributed by atoms with Gasteiger partial charge in [0.25, 0.3) is 0 Å². The molecule has 0 saturated carbocycles. The van der Waals surface area contributed by atoms with Gasteiger partial charge < -0.3 is 10.2 Å². The number of carbonyl (C=O) groups excluding carboxylic acids is 1. The number of hydrogen-bond donors (Lipinski definition) is 1. The minimum Gasteiger partial charge on any atom is -0.370 e. The molecule has 0 atom stereocenters. The minimum absolute atomic E-state index is 0.0865. The molecular weight excluding hydrogens is 322 g/mol. The van der Waals surface area contributed by atoms with Crippen LogP contribution in [0.5, 0.6) is 0 Å². The summed E-state index contributed by atoms with van der Waals surface area (Å²) >= 11 is 5.85. The van der Waals surface area contributed by atoms with Crippen molar-refractivity contribution < 1.29 is 4.79 Å². The van der Waals surface area contributed by atoms with Gasteiger partial charge in [-0.1, -0.05) is 37.6 Å². The SMILES string of the molecule is CCCN(CCC)c1ccc(NC(=O)Cc2ccc(Cl)cc2)nc1. The highest BCUT2D eigenvalue weighted by Gasteiger charge is 2.08. The monoisotopic (exact) mass is 345 g/mol. The van der Waals surface area contributed by atoms with E-state index in [0.717, 1.165) is 37.2 Å². The maximum Gasteiger partial charge on any atom is 0.229 e. The van der Waals surface area contributed by atoms with Gasteiger partial charge in [0.2, 0.25) is 5.91 Å². The van der Waals surface area contributed by atoms with Gasteiger partial charge in [-0.15, -0.1) is 0 Å². The maximum absolute atomic E-state index is 12.1. The molecule has 0 radical (unpaired) electrons. The van der Waals surface area contributed by atoms with Crippen LogP contribution < -0.4 is 10.2 Å². The van der Waals surface area contributed by atoms with Crippen molar-refractivity contribution in [3.8, 4) is 0 Å². The van der Waals surface area contributed by atoms with Crippen LogP contribution in [0.3, 0.4) is 0 Å². The van der Waals surface area contributed by atoms with Crippen molar-refractivity contribution in [2.24, 2.45) is 0 Å². The molecule has 24 heavy (non-hydrogen) atoms. The topological polar surface area (TPSA) is 45.2 Å². The number of rotatable bonds is 8. The Bertz CT molecular complexity index is 635. The zero-order chi connectivity index (χ0) is 17.4. The van der Waals surface area contributed by atoms with E-state index in [0.29, 0.717) is 17.3 Å². The van der Waals surface area contributed by atoms with Gasteiger partial charge in [-0.05, 0) is 42.7 Å². The van der Waals surface area contributed by atoms with E-state index in [1.807, 2.05) is 30.5 Å². The molecule has 0 unspecified atom stereocenters. The number of hydrogen-bond acceptors (Lipinski definition) is 3. The predicted octanol–water partition coefficient (Wildman–Crippen LogP) is 4.54. The molecule has 1 aromatic carbocycles. The Hall–Kier alpha value is -2.07. The highest BCUT2D eigenvalue weighted by molar-refractivity contribution is 6.30. The van der Waals surface area contributed by atoms with Crippen LogP contribution in [0.15, 0.2) is 42.6 Å². The first-order chi connectivity index (χ1) is 11.6. The summed E-state index contributed by atoms with van der Waals surface area (Å²) in [5, 5.41) is 3.50. The van der Waals surface area contributed by atoms with E-state index in [1.54, 1.807) is 12.1 Å². The van der Waals surface area contributed by atoms with E-state index in [-0.39, 0.29) is 5.91 Å². The number of carbonyl (C=O) groups is 1. The first-order valence-electron chi connectivity index (χ1n) is 8.37. The molecule has 4 nitrogen and oxygen atoms in total. The van der Waals surface area contributed by atoms with Crippen LogP contribution in [0.1, 0.15) is 32.3 Å². The summed E-state index contributed by atoms with van der Waals surface area (Å²) in [5.74, 6) is 0.488. The number of benzene rings is 1. The molecule has 2 aromatic rings. The standard InChI is InChI=1S/C19H24ClN3O/c1-3-11-23(12-4-2)17-9-10-18(21-14-17)22-19(24)13-15-5-7-16(20)8-6-15/h5-10,14H,3-4,11-13H2,1-2H3,(H,21,22,24). The molecule has 1 aromatic heterocycles. The van der Waals surface area contributed by atoms with Crippen LogP contribution in [-0.2, 0) is 11.2 Å². The molecule has 0 saturated heterocycles. The first kappa shape index (κ1) is 18.3. The molecule has 0 spiro atoms. The molecular formula is C19H24ClN3O. The minimum atomic E-state index is -0.0865. The Labute approximate surface area is 148 Å². The van der Waals surface area contributed by atoms with Crippen LogP contribution in [0.25, 0.3) is 0 Å². The zero-order valence-corrected chi connectivity index (χ0v) is 15.0. The molecule has 5 heteroatoms. The largest absolute Gasteiger partial charge is 0.370 e. The van der Waals surface area contributed by atoms with E-state index >= 15 is 0 Å². The molecule has 0 aliphatic carbocycles. The van der Waals surface area contributed by atoms with Crippen LogP contribution in [-0.4, -0.2) is 24.0 Å². The third-order valence-electron chi connectivity index (χ3n) is 3.65. The summed E-state index contributed by atoms with van der Waals surface area (Å²) in [6.07, 6.45) is 4.32. The second-order valence-electron chi connectivity index (χ2n) is 5.74. The lowest BCUT2D eigenvalue weighted by Crippen LogP contribution is -2.25. The molecule has 1 N–H and O–H groups in total. The molecule has 0 bridgehead atoms. The fraction of sp³-hybridized carbons (Fsp3) is 0.368. The molecule has 1 amide bonds. The Morgan fingerprint density at radius 1 is 1.08 bits per heavy atom. The van der Waals surface area contributed by atoms with Gasteiger partial charge >= 0.3 is 0 Å². The van der Waals surface area contributed by atoms with Gasteiger partial charge in [0, 0.05) is 18.1 Å². The fourth-order valence-corrected chi connectivity index (χ4v) is 2.66. The van der Waals surface area contributed by atoms with Crippen molar-refractivity contribution in [2.75, 3.05) is 23.3 Å². The van der Waals surface area contributed by atoms with Crippen LogP contribution in [0, 0.1) is 0 Å². The van der Waals surface area contributed by atoms with Crippen molar-refractivity contribution in [2.45, 2.75) is 33.1 Å². The zero-order valence-electron chi connectivity index (χ0n) is 14.3. The summed E-state index contributed by atoms with van der Waals surface area (Å²) in [7, 11) is 0. The van der Waals surface area contributed by atoms with E-state index in [9.17, 15) is 4.79 Å². The molecule has 0 aliphatic rings. The summed E-state index contributed by atoms with van der Waals surface area (Å²) in [6.45, 7) is 6.36. The lowest BCUT2D eigenvalue weighted by atomic mass is 10.1. The van der Waals surface area contributed by atoms with Crippen LogP contribution >= 0.6 is 11.6 Å². The summed E-state index contributed by atoms with van der Waals surface area (Å²) in [5.41, 5.74) is 2.01. The van der Waals surface area contributed by atoms with Crippen molar-refractivity contribution in [3.63, 3.8) is 0 Å². The Balaban J connectivity index is 1.95. The number of amides is 1. The maximum atomic E-state index is 12.1. The second-order valence-corrected chi connectivity index (χ2v) is 6.18. The lowest BCUT2D eigenvalue weighted by Gasteiger charge is -2.23. The number of halogens is 1. The summed E-state index contributed by atoms with van der Waals surface area (Å²) in [6, 6.07) is 11.1. The molecule has 128 valence electrons. The number of nitrogens with one attached hydrogen (secondary N) is 1. The van der Waals surface area contributed by atoms with Crippen molar-refractivity contribution in [1.29, 1.82) is 0 Å². The predicted molar refractivity (Wildman–Crippen MR) is 101 cm³/mol. The van der Waals surface area contributed by atoms with Gasteiger partial charge in [0.1, 0.15) is 5.82 Å². The van der Waals surface area contributed by atoms with Crippen molar-refractivity contribution >= 4 is 29.0 Å². The van der Waals surface area contributed by atoms with Gasteiger partial charge in [-0.3, -0.25) is 4.79 Å². The van der Waals surface area contributed by atoms with E-state index < -0.39 is 0 Å². The van der Waals surface area contributed by atoms with E-state index in [2.05, 4.69) is 29.0 Å². The molecule has 2 rings (SSSR count). The third kappa shape index (κ3) is 5.53. The number of nitrogens with zero attached hydrogens (tertiary/aromatic N) is 2. The van der Waals surface area contributed by atoms with Crippen LogP contribution in [0.4, 0.5) is 11.5 Å². The Kier molecular flexibility index (Phi) is 7.07. The third-order valence-corrected chi connectivity index (χ3v) is 3.90. The lowest BCUT2D eigenvalue weighted by molar-refractivity contribution is -0.115. The number of anilines is 2. The summed E-state index contributed by atoms with van der Waals surface area (Å²) < 4.78 is 0. The molecule has 1 heterocycles. The van der Waals surface area contributed by atoms with Gasteiger partial charge in [0.15, 0.2) is 0 Å². The van der Waals surface area contributed by atoms with Crippen molar-refractivity contribution in [3.05, 3.63) is 53.2 Å². The number of aromatic nitrogens is 1. The quantitative estimate of drug-likeness (QED) is 0.763. The van der Waals surface area contributed by atoms with Gasteiger partial charge in [-0.2, -0.15) is 0 Å². The Morgan fingerprint density at radius 2 is 1.75 bits per heavy atom. The highest BCUT2D eigenvalue weighted by atomic mass is 35.5. The highest BCUT2D eigenvalue weighted by Crippen LogP contribution is 2.16. The van der Waals surface area contributed by atoms with E-state index in [1.165, 1.54) is 0 Å². The normalized spacial score (nSPS) is 10.5. The second kappa shape index (κ2) is 9.28. The Morgan fingerprint density at radius 3 is 2.29 bits per heavy atom. The summed E-state index contributed by atoms with van der Waals surface area (Å²) in [4.78, 5) is 18.8. The van der Waals surface area contributed by atoms with Crippen LogP contribution in [0.2, 0.25) is 5.02 Å². The number of pyridine rings is 1. The fourth-order valence-electron chi connectivity index (χ4n) is 2.53. The first-order valence-corrected chi connectivity index (χ1v) is 8.75. The van der Waals surface area contributed by atoms with Gasteiger partial charge in [-0.25, -0.2) is 4.98 Å². The molecule has 0 fully saturated rings. The average Bonchev–Trinajstić information content (AvgIpc) is 2.57.